The predicted octanol–water partition coefficient (Wildman–Crippen LogP) is 2.26. The Morgan fingerprint density at radius 3 is 2.57 bits per heavy atom. The van der Waals surface area contributed by atoms with Crippen molar-refractivity contribution in [1.82, 2.24) is 4.90 Å². The Morgan fingerprint density at radius 2 is 1.91 bits per heavy atom. The molecule has 4 atom stereocenters. The van der Waals surface area contributed by atoms with E-state index in [0.717, 1.165) is 12.8 Å². The maximum absolute atomic E-state index is 12.5. The van der Waals surface area contributed by atoms with E-state index < -0.39 is 11.5 Å². The number of piperidine rings is 1. The molecule has 0 radical (unpaired) electrons. The summed E-state index contributed by atoms with van der Waals surface area (Å²) >= 11 is 0. The summed E-state index contributed by atoms with van der Waals surface area (Å²) in [6, 6.07) is 9.30. The van der Waals surface area contributed by atoms with Gasteiger partial charge in [-0.2, -0.15) is 0 Å². The van der Waals surface area contributed by atoms with E-state index >= 15 is 0 Å². The SMILES string of the molecule is COC(=O)[C@@]1(C)[C@@H](OC(=O)c2ccccc2)C[C@H]2CC[C@@H]1N2C. The molecule has 2 fully saturated rings. The third-order valence-corrected chi connectivity index (χ3v) is 5.57. The van der Waals surface area contributed by atoms with Gasteiger partial charge in [0.05, 0.1) is 12.7 Å². The highest BCUT2D eigenvalue weighted by molar-refractivity contribution is 5.90. The first kappa shape index (κ1) is 16.0. The van der Waals surface area contributed by atoms with Gasteiger partial charge < -0.3 is 9.47 Å². The predicted molar refractivity (Wildman–Crippen MR) is 85.0 cm³/mol. The second kappa shape index (κ2) is 5.96. The van der Waals surface area contributed by atoms with Crippen LogP contribution in [0, 0.1) is 5.41 Å². The zero-order valence-corrected chi connectivity index (χ0v) is 13.8. The van der Waals surface area contributed by atoms with Crippen molar-refractivity contribution in [2.24, 2.45) is 5.41 Å². The third-order valence-electron chi connectivity index (χ3n) is 5.57. The number of hydrogen-bond acceptors (Lipinski definition) is 5. The fourth-order valence-electron chi connectivity index (χ4n) is 4.15. The van der Waals surface area contributed by atoms with Crippen LogP contribution in [0.15, 0.2) is 30.3 Å². The Labute approximate surface area is 136 Å². The molecule has 0 amide bonds. The highest BCUT2D eigenvalue weighted by Crippen LogP contribution is 2.48. The molecular weight excluding hydrogens is 294 g/mol. The highest BCUT2D eigenvalue weighted by atomic mass is 16.6. The maximum atomic E-state index is 12.5. The Balaban J connectivity index is 1.87. The summed E-state index contributed by atoms with van der Waals surface area (Å²) < 4.78 is 10.8. The lowest BCUT2D eigenvalue weighted by molar-refractivity contribution is -0.171. The molecule has 0 spiro atoms. The molecule has 5 heteroatoms. The summed E-state index contributed by atoms with van der Waals surface area (Å²) in [6.45, 7) is 1.87. The van der Waals surface area contributed by atoms with Gasteiger partial charge in [-0.05, 0) is 38.9 Å². The van der Waals surface area contributed by atoms with Crippen LogP contribution in [0.25, 0.3) is 0 Å². The number of esters is 2. The van der Waals surface area contributed by atoms with Crippen LogP contribution in [0.2, 0.25) is 0 Å². The van der Waals surface area contributed by atoms with Crippen LogP contribution < -0.4 is 0 Å². The first-order valence-electron chi connectivity index (χ1n) is 8.05. The van der Waals surface area contributed by atoms with E-state index in [-0.39, 0.29) is 18.0 Å². The first-order chi connectivity index (χ1) is 11.0. The van der Waals surface area contributed by atoms with E-state index in [1.807, 2.05) is 20.0 Å². The molecule has 2 heterocycles. The molecule has 2 saturated heterocycles. The Bertz CT molecular complexity index is 602. The number of fused-ring (bicyclic) bond motifs is 2. The standard InChI is InChI=1S/C18H23NO4/c1-18(17(21)22-3)14-10-9-13(19(14)2)11-15(18)23-16(20)12-7-5-4-6-8-12/h4-8,13-15H,9-11H2,1-3H3/t13-,14+,15+,18-/m1/s1. The van der Waals surface area contributed by atoms with Gasteiger partial charge in [0.2, 0.25) is 0 Å². The molecule has 124 valence electrons. The smallest absolute Gasteiger partial charge is 0.338 e. The van der Waals surface area contributed by atoms with Crippen LogP contribution in [0.5, 0.6) is 0 Å². The molecule has 1 aromatic rings. The minimum atomic E-state index is -0.832. The summed E-state index contributed by atoms with van der Waals surface area (Å²) in [7, 11) is 3.43. The molecule has 0 aliphatic carbocycles. The van der Waals surface area contributed by atoms with Gasteiger partial charge in [-0.1, -0.05) is 18.2 Å². The molecule has 0 N–H and O–H groups in total. The first-order valence-corrected chi connectivity index (χ1v) is 8.05. The van der Waals surface area contributed by atoms with E-state index in [9.17, 15) is 9.59 Å². The zero-order valence-electron chi connectivity index (χ0n) is 13.8. The normalized spacial score (nSPS) is 33.3. The molecule has 2 aliphatic heterocycles. The summed E-state index contributed by atoms with van der Waals surface area (Å²) in [6.07, 6.45) is 2.15. The number of methoxy groups -OCH3 is 1. The number of benzene rings is 1. The lowest BCUT2D eigenvalue weighted by atomic mass is 9.73. The van der Waals surface area contributed by atoms with Crippen molar-refractivity contribution >= 4 is 11.9 Å². The monoisotopic (exact) mass is 317 g/mol. The second-order valence-corrected chi connectivity index (χ2v) is 6.68. The molecule has 0 aromatic heterocycles. The van der Waals surface area contributed by atoms with Crippen molar-refractivity contribution < 1.29 is 19.1 Å². The molecule has 2 bridgehead atoms. The van der Waals surface area contributed by atoms with E-state index in [1.54, 1.807) is 24.3 Å². The molecule has 0 saturated carbocycles. The van der Waals surface area contributed by atoms with Crippen LogP contribution in [0.3, 0.4) is 0 Å². The van der Waals surface area contributed by atoms with Crippen molar-refractivity contribution in [3.8, 4) is 0 Å². The fraction of sp³-hybridized carbons (Fsp3) is 0.556. The van der Waals surface area contributed by atoms with Gasteiger partial charge in [0, 0.05) is 18.5 Å². The lowest BCUT2D eigenvalue weighted by Crippen LogP contribution is -2.60. The zero-order chi connectivity index (χ0) is 16.6. The quantitative estimate of drug-likeness (QED) is 0.800. The molecule has 5 nitrogen and oxygen atoms in total. The van der Waals surface area contributed by atoms with Crippen LogP contribution >= 0.6 is 0 Å². The van der Waals surface area contributed by atoms with Gasteiger partial charge in [-0.25, -0.2) is 4.79 Å². The van der Waals surface area contributed by atoms with E-state index in [1.165, 1.54) is 7.11 Å². The maximum Gasteiger partial charge on any atom is 0.338 e. The Kier molecular flexibility index (Phi) is 4.15. The van der Waals surface area contributed by atoms with Crippen molar-refractivity contribution in [2.75, 3.05) is 14.2 Å². The minimum absolute atomic E-state index is 0.0438. The summed E-state index contributed by atoms with van der Waals surface area (Å²) in [5.74, 6) is -0.685. The number of nitrogens with zero attached hydrogens (tertiary/aromatic N) is 1. The van der Waals surface area contributed by atoms with E-state index in [4.69, 9.17) is 9.47 Å². The van der Waals surface area contributed by atoms with Gasteiger partial charge in [-0.3, -0.25) is 9.69 Å². The molecule has 3 rings (SSSR count). The molecule has 0 unspecified atom stereocenters. The van der Waals surface area contributed by atoms with Crippen molar-refractivity contribution in [2.45, 2.75) is 44.4 Å². The van der Waals surface area contributed by atoms with Gasteiger partial charge in [-0.15, -0.1) is 0 Å². The molecule has 1 aromatic carbocycles. The second-order valence-electron chi connectivity index (χ2n) is 6.68. The summed E-state index contributed by atoms with van der Waals surface area (Å²) in [4.78, 5) is 27.2. The minimum Gasteiger partial charge on any atom is -0.468 e. The number of ether oxygens (including phenoxy) is 2. The fourth-order valence-corrected chi connectivity index (χ4v) is 4.15. The average Bonchev–Trinajstić information content (AvgIpc) is 2.86. The Morgan fingerprint density at radius 1 is 1.22 bits per heavy atom. The highest BCUT2D eigenvalue weighted by Gasteiger charge is 2.59. The van der Waals surface area contributed by atoms with Crippen LogP contribution in [0.4, 0.5) is 0 Å². The molecular formula is C18H23NO4. The number of hydrogen-bond donors (Lipinski definition) is 0. The number of rotatable bonds is 3. The van der Waals surface area contributed by atoms with Gasteiger partial charge >= 0.3 is 11.9 Å². The largest absolute Gasteiger partial charge is 0.468 e. The van der Waals surface area contributed by atoms with E-state index in [2.05, 4.69) is 4.90 Å². The topological polar surface area (TPSA) is 55.8 Å². The van der Waals surface area contributed by atoms with Crippen LogP contribution in [0.1, 0.15) is 36.5 Å². The van der Waals surface area contributed by atoms with Crippen molar-refractivity contribution in [3.63, 3.8) is 0 Å². The number of carbonyl (C=O) groups is 2. The van der Waals surface area contributed by atoms with Crippen LogP contribution in [-0.4, -0.2) is 49.2 Å². The third kappa shape index (κ3) is 2.53. The van der Waals surface area contributed by atoms with Crippen LogP contribution in [-0.2, 0) is 14.3 Å². The van der Waals surface area contributed by atoms with Gasteiger partial charge in [0.25, 0.3) is 0 Å². The van der Waals surface area contributed by atoms with Crippen molar-refractivity contribution in [1.29, 1.82) is 0 Å². The average molecular weight is 317 g/mol. The summed E-state index contributed by atoms with van der Waals surface area (Å²) in [5, 5.41) is 0. The van der Waals surface area contributed by atoms with Crippen molar-refractivity contribution in [3.05, 3.63) is 35.9 Å². The Hall–Kier alpha value is -1.88. The molecule has 23 heavy (non-hydrogen) atoms. The number of carbonyl (C=O) groups excluding carboxylic acids is 2. The van der Waals surface area contributed by atoms with E-state index in [0.29, 0.717) is 18.0 Å². The summed E-state index contributed by atoms with van der Waals surface area (Å²) in [5.41, 5.74) is -0.327. The molecule has 2 aliphatic rings. The lowest BCUT2D eigenvalue weighted by Gasteiger charge is -2.47. The van der Waals surface area contributed by atoms with Gasteiger partial charge in [0.15, 0.2) is 0 Å². The van der Waals surface area contributed by atoms with Gasteiger partial charge in [0.1, 0.15) is 11.5 Å².